The molecule has 0 radical (unpaired) electrons. The van der Waals surface area contributed by atoms with Gasteiger partial charge in [-0.2, -0.15) is 0 Å². The van der Waals surface area contributed by atoms with E-state index in [0.29, 0.717) is 5.69 Å². The van der Waals surface area contributed by atoms with Crippen molar-refractivity contribution in [2.24, 2.45) is 7.05 Å². The van der Waals surface area contributed by atoms with Crippen LogP contribution >= 0.6 is 0 Å². The second kappa shape index (κ2) is 5.29. The highest BCUT2D eigenvalue weighted by atomic mass is 32.2. The number of aliphatic hydroxyl groups excluding tert-OH is 1. The van der Waals surface area contributed by atoms with Gasteiger partial charge in [0.05, 0.1) is 11.5 Å². The molecule has 1 fully saturated rings. The van der Waals surface area contributed by atoms with E-state index in [1.807, 2.05) is 30.3 Å². The van der Waals surface area contributed by atoms with Crippen molar-refractivity contribution in [3.8, 4) is 0 Å². The van der Waals surface area contributed by atoms with Gasteiger partial charge in [0.2, 0.25) is 10.0 Å². The lowest BCUT2D eigenvalue weighted by Crippen LogP contribution is -2.26. The summed E-state index contributed by atoms with van der Waals surface area (Å²) in [6.07, 6.45) is 2.34. The Labute approximate surface area is 124 Å². The monoisotopic (exact) mass is 306 g/mol. The molecule has 6 heteroatoms. The van der Waals surface area contributed by atoms with Gasteiger partial charge in [0.15, 0.2) is 0 Å². The van der Waals surface area contributed by atoms with Gasteiger partial charge in [-0.25, -0.2) is 13.1 Å². The lowest BCUT2D eigenvalue weighted by Gasteiger charge is -2.04. The summed E-state index contributed by atoms with van der Waals surface area (Å²) in [5, 5.41) is 9.15. The standard InChI is InChI=1S/C15H18N2O3S/c1-17-9-13(7-12(17)10-18)21(19,20)16-15-8-14(15)11-5-3-2-4-6-11/h2-7,9,14-16,18H,8,10H2,1H3. The maximum absolute atomic E-state index is 12.3. The lowest BCUT2D eigenvalue weighted by atomic mass is 10.1. The number of sulfonamides is 1. The summed E-state index contributed by atoms with van der Waals surface area (Å²) in [5.41, 5.74) is 1.74. The van der Waals surface area contributed by atoms with Gasteiger partial charge in [0.1, 0.15) is 0 Å². The van der Waals surface area contributed by atoms with Crippen molar-refractivity contribution < 1.29 is 13.5 Å². The fourth-order valence-corrected chi connectivity index (χ4v) is 3.93. The zero-order valence-electron chi connectivity index (χ0n) is 11.7. The van der Waals surface area contributed by atoms with Crippen molar-refractivity contribution in [3.05, 3.63) is 53.9 Å². The van der Waals surface area contributed by atoms with Crippen molar-refractivity contribution in [1.82, 2.24) is 9.29 Å². The summed E-state index contributed by atoms with van der Waals surface area (Å²) >= 11 is 0. The molecule has 112 valence electrons. The highest BCUT2D eigenvalue weighted by molar-refractivity contribution is 7.89. The van der Waals surface area contributed by atoms with Crippen LogP contribution in [0.15, 0.2) is 47.5 Å². The van der Waals surface area contributed by atoms with E-state index in [1.54, 1.807) is 11.6 Å². The topological polar surface area (TPSA) is 71.3 Å². The first-order valence-corrected chi connectivity index (χ1v) is 8.33. The molecule has 0 spiro atoms. The van der Waals surface area contributed by atoms with Crippen LogP contribution in [0, 0.1) is 0 Å². The largest absolute Gasteiger partial charge is 0.390 e. The third-order valence-electron chi connectivity index (χ3n) is 3.88. The lowest BCUT2D eigenvalue weighted by molar-refractivity contribution is 0.272. The Bertz CT molecular complexity index is 738. The van der Waals surface area contributed by atoms with Crippen LogP contribution in [-0.2, 0) is 23.7 Å². The Balaban J connectivity index is 1.73. The maximum Gasteiger partial charge on any atom is 0.242 e. The first-order valence-electron chi connectivity index (χ1n) is 6.84. The summed E-state index contributed by atoms with van der Waals surface area (Å²) in [6, 6.07) is 11.4. The highest BCUT2D eigenvalue weighted by Crippen LogP contribution is 2.41. The average molecular weight is 306 g/mol. The number of aryl methyl sites for hydroxylation is 1. The molecular formula is C15H18N2O3S. The number of aromatic nitrogens is 1. The van der Waals surface area contributed by atoms with E-state index < -0.39 is 10.0 Å². The van der Waals surface area contributed by atoms with Gasteiger partial charge >= 0.3 is 0 Å². The molecule has 0 bridgehead atoms. The van der Waals surface area contributed by atoms with Gasteiger partial charge < -0.3 is 9.67 Å². The zero-order chi connectivity index (χ0) is 15.0. The van der Waals surface area contributed by atoms with Crippen LogP contribution in [0.2, 0.25) is 0 Å². The molecular weight excluding hydrogens is 288 g/mol. The van der Waals surface area contributed by atoms with E-state index in [9.17, 15) is 8.42 Å². The van der Waals surface area contributed by atoms with Crippen molar-refractivity contribution in [1.29, 1.82) is 0 Å². The molecule has 2 N–H and O–H groups in total. The maximum atomic E-state index is 12.3. The van der Waals surface area contributed by atoms with Crippen LogP contribution in [0.1, 0.15) is 23.6 Å². The second-order valence-corrected chi connectivity index (χ2v) is 7.13. The van der Waals surface area contributed by atoms with E-state index in [-0.39, 0.29) is 23.5 Å². The number of rotatable bonds is 5. The fraction of sp³-hybridized carbons (Fsp3) is 0.333. The zero-order valence-corrected chi connectivity index (χ0v) is 12.5. The Morgan fingerprint density at radius 3 is 2.67 bits per heavy atom. The third kappa shape index (κ3) is 2.88. The van der Waals surface area contributed by atoms with E-state index in [1.165, 1.54) is 12.3 Å². The van der Waals surface area contributed by atoms with Gasteiger partial charge in [-0.1, -0.05) is 30.3 Å². The SMILES string of the molecule is Cn1cc(S(=O)(=O)NC2CC2c2ccccc2)cc1CO. The minimum Gasteiger partial charge on any atom is -0.390 e. The third-order valence-corrected chi connectivity index (χ3v) is 5.34. The summed E-state index contributed by atoms with van der Waals surface area (Å²) < 4.78 is 29.0. The van der Waals surface area contributed by atoms with Crippen LogP contribution in [-0.4, -0.2) is 24.1 Å². The van der Waals surface area contributed by atoms with Crippen molar-refractivity contribution >= 4 is 10.0 Å². The molecule has 5 nitrogen and oxygen atoms in total. The number of nitrogens with zero attached hydrogens (tertiary/aromatic N) is 1. The van der Waals surface area contributed by atoms with Gasteiger partial charge in [-0.3, -0.25) is 0 Å². The molecule has 2 unspecified atom stereocenters. The quantitative estimate of drug-likeness (QED) is 0.876. The van der Waals surface area contributed by atoms with Gasteiger partial charge in [0.25, 0.3) is 0 Å². The van der Waals surface area contributed by atoms with E-state index in [0.717, 1.165) is 12.0 Å². The normalized spacial score (nSPS) is 21.4. The van der Waals surface area contributed by atoms with Crippen LogP contribution < -0.4 is 4.72 Å². The number of hydrogen-bond donors (Lipinski definition) is 2. The first kappa shape index (κ1) is 14.3. The Morgan fingerprint density at radius 1 is 1.33 bits per heavy atom. The molecule has 0 saturated heterocycles. The summed E-state index contributed by atoms with van der Waals surface area (Å²) in [5.74, 6) is 0.252. The minimum atomic E-state index is -3.53. The van der Waals surface area contributed by atoms with Crippen molar-refractivity contribution in [2.45, 2.75) is 29.9 Å². The molecule has 0 aliphatic heterocycles. The number of aliphatic hydroxyl groups is 1. The van der Waals surface area contributed by atoms with Crippen LogP contribution in [0.4, 0.5) is 0 Å². The highest BCUT2D eigenvalue weighted by Gasteiger charge is 2.41. The molecule has 2 aromatic rings. The second-order valence-electron chi connectivity index (χ2n) is 5.42. The molecule has 3 rings (SSSR count). The van der Waals surface area contributed by atoms with Crippen molar-refractivity contribution in [3.63, 3.8) is 0 Å². The molecule has 2 atom stereocenters. The molecule has 1 saturated carbocycles. The predicted octanol–water partition coefficient (Wildman–Crippen LogP) is 1.35. The number of hydrogen-bond acceptors (Lipinski definition) is 3. The Morgan fingerprint density at radius 2 is 2.05 bits per heavy atom. The minimum absolute atomic E-state index is 0.0461. The van der Waals surface area contributed by atoms with E-state index in [4.69, 9.17) is 5.11 Å². The molecule has 1 aromatic heterocycles. The van der Waals surface area contributed by atoms with Gasteiger partial charge in [0, 0.05) is 30.9 Å². The average Bonchev–Trinajstić information content (AvgIpc) is 3.10. The van der Waals surface area contributed by atoms with E-state index >= 15 is 0 Å². The van der Waals surface area contributed by atoms with Crippen LogP contribution in [0.5, 0.6) is 0 Å². The van der Waals surface area contributed by atoms with E-state index in [2.05, 4.69) is 4.72 Å². The van der Waals surface area contributed by atoms with Gasteiger partial charge in [-0.15, -0.1) is 0 Å². The molecule has 1 heterocycles. The molecule has 1 aromatic carbocycles. The van der Waals surface area contributed by atoms with Crippen molar-refractivity contribution in [2.75, 3.05) is 0 Å². The molecule has 21 heavy (non-hydrogen) atoms. The summed E-state index contributed by atoms with van der Waals surface area (Å²) in [7, 11) is -1.81. The Kier molecular flexibility index (Phi) is 3.61. The molecule has 0 amide bonds. The number of nitrogens with one attached hydrogen (secondary N) is 1. The van der Waals surface area contributed by atoms with Gasteiger partial charge in [-0.05, 0) is 18.1 Å². The number of benzene rings is 1. The predicted molar refractivity (Wildman–Crippen MR) is 79.2 cm³/mol. The molecule has 1 aliphatic carbocycles. The Hall–Kier alpha value is -1.63. The summed E-state index contributed by atoms with van der Waals surface area (Å²) in [4.78, 5) is 0.202. The van der Waals surface area contributed by atoms with Crippen LogP contribution in [0.3, 0.4) is 0 Å². The van der Waals surface area contributed by atoms with Crippen LogP contribution in [0.25, 0.3) is 0 Å². The fourth-order valence-electron chi connectivity index (χ4n) is 2.54. The first-order chi connectivity index (χ1) is 10.0. The molecule has 1 aliphatic rings. The summed E-state index contributed by atoms with van der Waals surface area (Å²) in [6.45, 7) is -0.178. The smallest absolute Gasteiger partial charge is 0.242 e.